The van der Waals surface area contributed by atoms with E-state index in [9.17, 15) is 8.42 Å². The SMILES string of the molecule is CNc1ccccc1S(=O)(=O)NCc1cccs1. The van der Waals surface area contributed by atoms with Crippen LogP contribution >= 0.6 is 11.3 Å². The van der Waals surface area contributed by atoms with Gasteiger partial charge in [-0.25, -0.2) is 13.1 Å². The molecule has 1 heterocycles. The molecule has 0 aliphatic rings. The highest BCUT2D eigenvalue weighted by Gasteiger charge is 2.17. The summed E-state index contributed by atoms with van der Waals surface area (Å²) in [4.78, 5) is 1.25. The molecule has 96 valence electrons. The van der Waals surface area contributed by atoms with Crippen molar-refractivity contribution in [3.63, 3.8) is 0 Å². The zero-order valence-corrected chi connectivity index (χ0v) is 11.5. The van der Waals surface area contributed by atoms with Crippen molar-refractivity contribution in [2.24, 2.45) is 0 Å². The van der Waals surface area contributed by atoms with Crippen LogP contribution in [0.2, 0.25) is 0 Å². The molecule has 0 unspecified atom stereocenters. The second kappa shape index (κ2) is 5.51. The fourth-order valence-corrected chi connectivity index (χ4v) is 3.52. The summed E-state index contributed by atoms with van der Waals surface area (Å²) < 4.78 is 26.9. The Labute approximate surface area is 111 Å². The van der Waals surface area contributed by atoms with E-state index in [1.807, 2.05) is 17.5 Å². The maximum atomic E-state index is 12.2. The molecule has 0 radical (unpaired) electrons. The van der Waals surface area contributed by atoms with Crippen molar-refractivity contribution in [1.29, 1.82) is 0 Å². The topological polar surface area (TPSA) is 58.2 Å². The average Bonchev–Trinajstić information content (AvgIpc) is 2.89. The van der Waals surface area contributed by atoms with Crippen molar-refractivity contribution in [2.45, 2.75) is 11.4 Å². The van der Waals surface area contributed by atoms with Crippen molar-refractivity contribution in [3.8, 4) is 0 Å². The first-order valence-corrected chi connectivity index (χ1v) is 7.78. The minimum absolute atomic E-state index is 0.268. The highest BCUT2D eigenvalue weighted by Crippen LogP contribution is 2.20. The molecule has 0 aliphatic carbocycles. The number of nitrogens with one attached hydrogen (secondary N) is 2. The van der Waals surface area contributed by atoms with E-state index in [0.29, 0.717) is 12.2 Å². The highest BCUT2D eigenvalue weighted by molar-refractivity contribution is 7.89. The van der Waals surface area contributed by atoms with Gasteiger partial charge in [0.15, 0.2) is 0 Å². The maximum Gasteiger partial charge on any atom is 0.242 e. The Balaban J connectivity index is 2.20. The van der Waals surface area contributed by atoms with Gasteiger partial charge < -0.3 is 5.32 Å². The first kappa shape index (κ1) is 13.1. The Hall–Kier alpha value is -1.37. The van der Waals surface area contributed by atoms with Gasteiger partial charge in [0.2, 0.25) is 10.0 Å². The number of anilines is 1. The average molecular weight is 282 g/mol. The van der Waals surface area contributed by atoms with Gasteiger partial charge in [-0.1, -0.05) is 18.2 Å². The minimum atomic E-state index is -3.48. The van der Waals surface area contributed by atoms with E-state index >= 15 is 0 Å². The Bertz CT molecular complexity index is 607. The fourth-order valence-electron chi connectivity index (χ4n) is 1.56. The van der Waals surface area contributed by atoms with Gasteiger partial charge >= 0.3 is 0 Å². The Morgan fingerprint density at radius 1 is 1.17 bits per heavy atom. The van der Waals surface area contributed by atoms with Crippen LogP contribution in [0.1, 0.15) is 4.88 Å². The van der Waals surface area contributed by atoms with Crippen molar-refractivity contribution >= 4 is 27.0 Å². The molecular weight excluding hydrogens is 268 g/mol. The van der Waals surface area contributed by atoms with E-state index in [1.54, 1.807) is 31.3 Å². The van der Waals surface area contributed by atoms with Gasteiger partial charge in [-0.05, 0) is 23.6 Å². The lowest BCUT2D eigenvalue weighted by atomic mass is 10.3. The van der Waals surface area contributed by atoms with Crippen molar-refractivity contribution in [2.75, 3.05) is 12.4 Å². The maximum absolute atomic E-state index is 12.2. The summed E-state index contributed by atoms with van der Waals surface area (Å²) in [7, 11) is -1.78. The molecule has 0 atom stereocenters. The Kier molecular flexibility index (Phi) is 4.00. The van der Waals surface area contributed by atoms with Crippen LogP contribution in [0.4, 0.5) is 5.69 Å². The van der Waals surface area contributed by atoms with E-state index in [2.05, 4.69) is 10.0 Å². The third-order valence-corrected chi connectivity index (χ3v) is 4.80. The summed E-state index contributed by atoms with van der Waals surface area (Å²) in [6.45, 7) is 0.318. The van der Waals surface area contributed by atoms with Gasteiger partial charge in [0, 0.05) is 18.5 Å². The van der Waals surface area contributed by atoms with Crippen molar-refractivity contribution < 1.29 is 8.42 Å². The summed E-state index contributed by atoms with van der Waals surface area (Å²) in [6.07, 6.45) is 0. The third kappa shape index (κ3) is 2.90. The first-order valence-electron chi connectivity index (χ1n) is 5.42. The fraction of sp³-hybridized carbons (Fsp3) is 0.167. The van der Waals surface area contributed by atoms with E-state index in [0.717, 1.165) is 4.88 Å². The summed E-state index contributed by atoms with van der Waals surface area (Å²) in [5.74, 6) is 0. The van der Waals surface area contributed by atoms with Crippen LogP contribution < -0.4 is 10.0 Å². The molecule has 2 N–H and O–H groups in total. The van der Waals surface area contributed by atoms with Gasteiger partial charge in [-0.15, -0.1) is 11.3 Å². The Morgan fingerprint density at radius 3 is 2.61 bits per heavy atom. The largest absolute Gasteiger partial charge is 0.387 e. The van der Waals surface area contributed by atoms with Crippen molar-refractivity contribution in [3.05, 3.63) is 46.7 Å². The molecule has 0 fully saturated rings. The Morgan fingerprint density at radius 2 is 1.94 bits per heavy atom. The zero-order valence-electron chi connectivity index (χ0n) is 9.88. The molecule has 4 nitrogen and oxygen atoms in total. The monoisotopic (exact) mass is 282 g/mol. The van der Waals surface area contributed by atoms with Crippen LogP contribution in [0.5, 0.6) is 0 Å². The number of hydrogen-bond acceptors (Lipinski definition) is 4. The minimum Gasteiger partial charge on any atom is -0.387 e. The standard InChI is InChI=1S/C12H14N2O2S2/c1-13-11-6-2-3-7-12(11)18(15,16)14-9-10-5-4-8-17-10/h2-8,13-14H,9H2,1H3. The first-order chi connectivity index (χ1) is 8.63. The lowest BCUT2D eigenvalue weighted by molar-refractivity contribution is 0.582. The molecule has 2 rings (SSSR count). The zero-order chi connectivity index (χ0) is 13.0. The molecule has 0 amide bonds. The lowest BCUT2D eigenvalue weighted by Gasteiger charge is -2.10. The van der Waals surface area contributed by atoms with Crippen LogP contribution in [0.15, 0.2) is 46.7 Å². The second-order valence-corrected chi connectivity index (χ2v) is 6.42. The number of thiophene rings is 1. The van der Waals surface area contributed by atoms with Gasteiger partial charge in [0.1, 0.15) is 4.90 Å². The molecule has 1 aromatic heterocycles. The summed E-state index contributed by atoms with van der Waals surface area (Å²) in [5.41, 5.74) is 0.594. The predicted octanol–water partition coefficient (Wildman–Crippen LogP) is 2.27. The van der Waals surface area contributed by atoms with E-state index in [1.165, 1.54) is 11.3 Å². The lowest BCUT2D eigenvalue weighted by Crippen LogP contribution is -2.23. The summed E-state index contributed by atoms with van der Waals surface area (Å²) >= 11 is 1.53. The van der Waals surface area contributed by atoms with E-state index < -0.39 is 10.0 Å². The van der Waals surface area contributed by atoms with Gasteiger partial charge in [0.25, 0.3) is 0 Å². The number of benzene rings is 1. The number of para-hydroxylation sites is 1. The molecule has 6 heteroatoms. The number of rotatable bonds is 5. The van der Waals surface area contributed by atoms with Gasteiger partial charge in [-0.3, -0.25) is 0 Å². The highest BCUT2D eigenvalue weighted by atomic mass is 32.2. The molecule has 0 saturated heterocycles. The molecule has 0 bridgehead atoms. The predicted molar refractivity (Wildman–Crippen MR) is 74.3 cm³/mol. The van der Waals surface area contributed by atoms with E-state index in [4.69, 9.17) is 0 Å². The van der Waals surface area contributed by atoms with Gasteiger partial charge in [0.05, 0.1) is 5.69 Å². The van der Waals surface area contributed by atoms with Crippen LogP contribution in [-0.2, 0) is 16.6 Å². The molecular formula is C12H14N2O2S2. The van der Waals surface area contributed by atoms with Crippen LogP contribution in [0.25, 0.3) is 0 Å². The van der Waals surface area contributed by atoms with Crippen LogP contribution in [0, 0.1) is 0 Å². The summed E-state index contributed by atoms with van der Waals surface area (Å²) in [5, 5.41) is 4.80. The molecule has 0 spiro atoms. The molecule has 1 aromatic carbocycles. The molecule has 2 aromatic rings. The number of hydrogen-bond donors (Lipinski definition) is 2. The molecule has 18 heavy (non-hydrogen) atoms. The van der Waals surface area contributed by atoms with Gasteiger partial charge in [-0.2, -0.15) is 0 Å². The van der Waals surface area contributed by atoms with Crippen LogP contribution in [-0.4, -0.2) is 15.5 Å². The summed E-state index contributed by atoms with van der Waals surface area (Å²) in [6, 6.07) is 10.6. The van der Waals surface area contributed by atoms with E-state index in [-0.39, 0.29) is 4.90 Å². The molecule has 0 saturated carbocycles. The third-order valence-electron chi connectivity index (χ3n) is 2.46. The normalized spacial score (nSPS) is 11.4. The quantitative estimate of drug-likeness (QED) is 0.884. The number of sulfonamides is 1. The van der Waals surface area contributed by atoms with Crippen molar-refractivity contribution in [1.82, 2.24) is 4.72 Å². The second-order valence-electron chi connectivity index (χ2n) is 3.65. The molecule has 0 aliphatic heterocycles. The van der Waals surface area contributed by atoms with Crippen LogP contribution in [0.3, 0.4) is 0 Å². The smallest absolute Gasteiger partial charge is 0.242 e.